The third-order valence-electron chi connectivity index (χ3n) is 4.26. The summed E-state index contributed by atoms with van der Waals surface area (Å²) in [7, 11) is 0. The molecule has 1 saturated heterocycles. The zero-order valence-corrected chi connectivity index (χ0v) is 14.3. The molecule has 1 aliphatic rings. The van der Waals surface area contributed by atoms with Crippen LogP contribution in [0.25, 0.3) is 0 Å². The lowest BCUT2D eigenvalue weighted by Gasteiger charge is -2.37. The molecule has 4 nitrogen and oxygen atoms in total. The van der Waals surface area contributed by atoms with Crippen LogP contribution in [-0.4, -0.2) is 36.5 Å². The van der Waals surface area contributed by atoms with Crippen LogP contribution < -0.4 is 10.5 Å². The van der Waals surface area contributed by atoms with Gasteiger partial charge in [0.25, 0.3) is 5.91 Å². The van der Waals surface area contributed by atoms with E-state index in [4.69, 9.17) is 10.5 Å². The minimum Gasteiger partial charge on any atom is -0.484 e. The number of aryl methyl sites for hydroxylation is 1. The average Bonchev–Trinajstić information content (AvgIpc) is 2.52. The number of halogens is 1. The molecule has 1 aromatic rings. The number of nitrogens with two attached hydrogens (primary N) is 1. The monoisotopic (exact) mass is 326 g/mol. The van der Waals surface area contributed by atoms with Gasteiger partial charge in [0.05, 0.1) is 0 Å². The van der Waals surface area contributed by atoms with Crippen LogP contribution in [0.1, 0.15) is 32.3 Å². The van der Waals surface area contributed by atoms with Crippen LogP contribution in [0.3, 0.4) is 0 Å². The highest BCUT2D eigenvalue weighted by Crippen LogP contribution is 2.22. The summed E-state index contributed by atoms with van der Waals surface area (Å²) in [6, 6.07) is 8.07. The molecule has 2 atom stereocenters. The first kappa shape index (κ1) is 18.8. The van der Waals surface area contributed by atoms with Crippen LogP contribution in [-0.2, 0) is 11.2 Å². The first-order valence-electron chi connectivity index (χ1n) is 7.85. The molecule has 22 heavy (non-hydrogen) atoms. The second-order valence-corrected chi connectivity index (χ2v) is 5.89. The normalized spacial score (nSPS) is 21.1. The van der Waals surface area contributed by atoms with Crippen molar-refractivity contribution >= 4 is 18.3 Å². The van der Waals surface area contributed by atoms with Gasteiger partial charge >= 0.3 is 0 Å². The van der Waals surface area contributed by atoms with Gasteiger partial charge in [-0.15, -0.1) is 12.4 Å². The molecule has 0 bridgehead atoms. The Bertz CT molecular complexity index is 464. The van der Waals surface area contributed by atoms with Gasteiger partial charge in [-0.2, -0.15) is 0 Å². The summed E-state index contributed by atoms with van der Waals surface area (Å²) < 4.78 is 5.61. The van der Waals surface area contributed by atoms with E-state index in [2.05, 4.69) is 13.8 Å². The maximum Gasteiger partial charge on any atom is 0.260 e. The Balaban J connectivity index is 0.00000242. The standard InChI is InChI=1S/C17H26N2O2.ClH/c1-3-14-4-6-16(7-5-14)21-12-17(20)19-9-8-13(2)10-15(19)11-18;/h4-7,13,15H,3,8-12,18H2,1-2H3;1H. The molecule has 2 unspecified atom stereocenters. The molecular weight excluding hydrogens is 300 g/mol. The highest BCUT2D eigenvalue weighted by atomic mass is 35.5. The molecule has 0 aliphatic carbocycles. The van der Waals surface area contributed by atoms with Crippen molar-refractivity contribution in [1.29, 1.82) is 0 Å². The van der Waals surface area contributed by atoms with E-state index >= 15 is 0 Å². The van der Waals surface area contributed by atoms with E-state index in [1.54, 1.807) is 0 Å². The van der Waals surface area contributed by atoms with Gasteiger partial charge in [0.1, 0.15) is 5.75 Å². The van der Waals surface area contributed by atoms with E-state index in [-0.39, 0.29) is 31.0 Å². The Labute approximate surface area is 139 Å². The fraction of sp³-hybridized carbons (Fsp3) is 0.588. The summed E-state index contributed by atoms with van der Waals surface area (Å²) in [4.78, 5) is 14.2. The summed E-state index contributed by atoms with van der Waals surface area (Å²) in [5, 5.41) is 0. The number of carbonyl (C=O) groups excluding carboxylic acids is 1. The topological polar surface area (TPSA) is 55.6 Å². The quantitative estimate of drug-likeness (QED) is 0.905. The summed E-state index contributed by atoms with van der Waals surface area (Å²) in [6.45, 7) is 5.75. The van der Waals surface area contributed by atoms with Gasteiger partial charge in [-0.05, 0) is 42.9 Å². The summed E-state index contributed by atoms with van der Waals surface area (Å²) in [5.41, 5.74) is 7.06. The lowest BCUT2D eigenvalue weighted by molar-refractivity contribution is -0.137. The van der Waals surface area contributed by atoms with Crippen molar-refractivity contribution in [2.45, 2.75) is 39.2 Å². The Morgan fingerprint density at radius 1 is 1.36 bits per heavy atom. The molecule has 124 valence electrons. The molecule has 1 fully saturated rings. The molecule has 0 aromatic heterocycles. The predicted molar refractivity (Wildman–Crippen MR) is 91.5 cm³/mol. The molecule has 0 radical (unpaired) electrons. The highest BCUT2D eigenvalue weighted by Gasteiger charge is 2.28. The maximum absolute atomic E-state index is 12.3. The molecule has 1 aliphatic heterocycles. The number of likely N-dealkylation sites (tertiary alicyclic amines) is 1. The third-order valence-corrected chi connectivity index (χ3v) is 4.26. The molecule has 5 heteroatoms. The van der Waals surface area contributed by atoms with Crippen LogP contribution >= 0.6 is 12.4 Å². The van der Waals surface area contributed by atoms with E-state index < -0.39 is 0 Å². The van der Waals surface area contributed by atoms with Crippen LogP contribution in [0.5, 0.6) is 5.75 Å². The minimum atomic E-state index is 0. The van der Waals surface area contributed by atoms with Crippen LogP contribution in [0, 0.1) is 5.92 Å². The summed E-state index contributed by atoms with van der Waals surface area (Å²) in [6.07, 6.45) is 3.05. The van der Waals surface area contributed by atoms with Gasteiger partial charge < -0.3 is 15.4 Å². The van der Waals surface area contributed by atoms with Crippen molar-refractivity contribution in [2.24, 2.45) is 11.7 Å². The predicted octanol–water partition coefficient (Wildman–Crippen LogP) is 2.64. The van der Waals surface area contributed by atoms with Crippen LogP contribution in [0.15, 0.2) is 24.3 Å². The maximum atomic E-state index is 12.3. The van der Waals surface area contributed by atoms with Crippen molar-refractivity contribution in [3.63, 3.8) is 0 Å². The number of rotatable bonds is 5. The molecule has 1 heterocycles. The molecular formula is C17H27ClN2O2. The Morgan fingerprint density at radius 2 is 2.05 bits per heavy atom. The van der Waals surface area contributed by atoms with Crippen LogP contribution in [0.4, 0.5) is 0 Å². The summed E-state index contributed by atoms with van der Waals surface area (Å²) in [5.74, 6) is 1.43. The van der Waals surface area contributed by atoms with Gasteiger partial charge in [0.2, 0.25) is 0 Å². The highest BCUT2D eigenvalue weighted by molar-refractivity contribution is 5.85. The zero-order chi connectivity index (χ0) is 15.2. The van der Waals surface area contributed by atoms with Crippen molar-refractivity contribution in [1.82, 2.24) is 4.90 Å². The smallest absolute Gasteiger partial charge is 0.260 e. The molecule has 0 saturated carbocycles. The molecule has 0 spiro atoms. The van der Waals surface area contributed by atoms with Crippen molar-refractivity contribution in [3.05, 3.63) is 29.8 Å². The lowest BCUT2D eigenvalue weighted by atomic mass is 9.92. The van der Waals surface area contributed by atoms with E-state index in [0.717, 1.165) is 31.6 Å². The second-order valence-electron chi connectivity index (χ2n) is 5.89. The number of ether oxygens (including phenoxy) is 1. The fourth-order valence-corrected chi connectivity index (χ4v) is 2.85. The minimum absolute atomic E-state index is 0. The van der Waals surface area contributed by atoms with Crippen LogP contribution in [0.2, 0.25) is 0 Å². The number of piperidine rings is 1. The van der Waals surface area contributed by atoms with Crippen molar-refractivity contribution < 1.29 is 9.53 Å². The second kappa shape index (κ2) is 9.01. The molecule has 1 aromatic carbocycles. The van der Waals surface area contributed by atoms with E-state index in [1.807, 2.05) is 29.2 Å². The number of carbonyl (C=O) groups is 1. The summed E-state index contributed by atoms with van der Waals surface area (Å²) >= 11 is 0. The first-order valence-corrected chi connectivity index (χ1v) is 7.85. The fourth-order valence-electron chi connectivity index (χ4n) is 2.85. The van der Waals surface area contributed by atoms with Gasteiger partial charge in [0.15, 0.2) is 6.61 Å². The Morgan fingerprint density at radius 3 is 2.64 bits per heavy atom. The number of hydrogen-bond donors (Lipinski definition) is 1. The first-order chi connectivity index (χ1) is 10.1. The third kappa shape index (κ3) is 4.89. The molecule has 2 N–H and O–H groups in total. The lowest BCUT2D eigenvalue weighted by Crippen LogP contribution is -2.50. The zero-order valence-electron chi connectivity index (χ0n) is 13.5. The Kier molecular flexibility index (Phi) is 7.69. The van der Waals surface area contributed by atoms with Crippen molar-refractivity contribution in [2.75, 3.05) is 19.7 Å². The number of hydrogen-bond acceptors (Lipinski definition) is 3. The number of benzene rings is 1. The SMILES string of the molecule is CCc1ccc(OCC(=O)N2CCC(C)CC2CN)cc1.Cl. The number of amides is 1. The molecule has 2 rings (SSSR count). The van der Waals surface area contributed by atoms with Gasteiger partial charge in [-0.3, -0.25) is 4.79 Å². The number of nitrogens with zero attached hydrogens (tertiary/aromatic N) is 1. The van der Waals surface area contributed by atoms with E-state index in [1.165, 1.54) is 5.56 Å². The van der Waals surface area contributed by atoms with Gasteiger partial charge in [-0.25, -0.2) is 0 Å². The van der Waals surface area contributed by atoms with Gasteiger partial charge in [0, 0.05) is 19.1 Å². The molecule has 1 amide bonds. The van der Waals surface area contributed by atoms with Crippen molar-refractivity contribution in [3.8, 4) is 5.75 Å². The van der Waals surface area contributed by atoms with E-state index in [0.29, 0.717) is 12.5 Å². The average molecular weight is 327 g/mol. The van der Waals surface area contributed by atoms with E-state index in [9.17, 15) is 4.79 Å². The Hall–Kier alpha value is -1.26. The largest absolute Gasteiger partial charge is 0.484 e. The van der Waals surface area contributed by atoms with Gasteiger partial charge in [-0.1, -0.05) is 26.0 Å².